The van der Waals surface area contributed by atoms with Crippen LogP contribution in [0.3, 0.4) is 0 Å². The van der Waals surface area contributed by atoms with Gasteiger partial charge < -0.3 is 10.2 Å². The Balaban J connectivity index is 1.61. The standard InChI is InChI=1S/C18H28N2/c1-2-5-15-10-12-20(13-11-15)18-7-4-3-6-16(18)14-19-17-8-9-17/h3-4,6-7,15,17,19H,2,5,8-14H2,1H3. The lowest BCUT2D eigenvalue weighted by atomic mass is 9.92. The number of anilines is 1. The third-order valence-electron chi connectivity index (χ3n) is 4.80. The first-order valence-corrected chi connectivity index (χ1v) is 8.43. The van der Waals surface area contributed by atoms with E-state index in [2.05, 4.69) is 41.4 Å². The fourth-order valence-electron chi connectivity index (χ4n) is 3.38. The van der Waals surface area contributed by atoms with Gasteiger partial charge in [0.25, 0.3) is 0 Å². The molecule has 1 aromatic rings. The summed E-state index contributed by atoms with van der Waals surface area (Å²) in [5, 5.41) is 3.65. The van der Waals surface area contributed by atoms with Gasteiger partial charge in [-0.15, -0.1) is 0 Å². The Bertz CT molecular complexity index is 417. The van der Waals surface area contributed by atoms with E-state index in [-0.39, 0.29) is 0 Å². The second kappa shape index (κ2) is 6.62. The van der Waals surface area contributed by atoms with Crippen molar-refractivity contribution in [2.45, 2.75) is 58.0 Å². The van der Waals surface area contributed by atoms with Crippen LogP contribution in [-0.2, 0) is 6.54 Å². The van der Waals surface area contributed by atoms with Crippen LogP contribution in [-0.4, -0.2) is 19.1 Å². The first-order valence-electron chi connectivity index (χ1n) is 8.43. The van der Waals surface area contributed by atoms with Crippen molar-refractivity contribution in [3.63, 3.8) is 0 Å². The summed E-state index contributed by atoms with van der Waals surface area (Å²) in [6.07, 6.45) is 8.23. The van der Waals surface area contributed by atoms with Crippen LogP contribution in [0.15, 0.2) is 24.3 Å². The second-order valence-electron chi connectivity index (χ2n) is 6.50. The van der Waals surface area contributed by atoms with Gasteiger partial charge in [-0.05, 0) is 43.2 Å². The van der Waals surface area contributed by atoms with Crippen molar-refractivity contribution in [1.82, 2.24) is 5.32 Å². The minimum atomic E-state index is 0.790. The molecule has 1 saturated carbocycles. The van der Waals surface area contributed by atoms with Gasteiger partial charge in [0, 0.05) is 31.4 Å². The van der Waals surface area contributed by atoms with Crippen LogP contribution in [0.5, 0.6) is 0 Å². The van der Waals surface area contributed by atoms with E-state index < -0.39 is 0 Å². The number of nitrogens with zero attached hydrogens (tertiary/aromatic N) is 1. The molecule has 2 fully saturated rings. The van der Waals surface area contributed by atoms with Crippen LogP contribution in [0.25, 0.3) is 0 Å². The molecular formula is C18H28N2. The summed E-state index contributed by atoms with van der Waals surface area (Å²) in [6.45, 7) is 5.83. The summed E-state index contributed by atoms with van der Waals surface area (Å²) in [4.78, 5) is 2.61. The summed E-state index contributed by atoms with van der Waals surface area (Å²) in [7, 11) is 0. The van der Waals surface area contributed by atoms with Gasteiger partial charge in [0.05, 0.1) is 0 Å². The van der Waals surface area contributed by atoms with E-state index in [1.54, 1.807) is 0 Å². The van der Waals surface area contributed by atoms with Gasteiger partial charge in [-0.2, -0.15) is 0 Å². The summed E-state index contributed by atoms with van der Waals surface area (Å²) in [6, 6.07) is 9.76. The van der Waals surface area contributed by atoms with Gasteiger partial charge in [0.1, 0.15) is 0 Å². The first-order chi connectivity index (χ1) is 9.86. The fraction of sp³-hybridized carbons (Fsp3) is 0.667. The van der Waals surface area contributed by atoms with Crippen molar-refractivity contribution < 1.29 is 0 Å². The highest BCUT2D eigenvalue weighted by atomic mass is 15.1. The summed E-state index contributed by atoms with van der Waals surface area (Å²) < 4.78 is 0. The predicted molar refractivity (Wildman–Crippen MR) is 86.1 cm³/mol. The van der Waals surface area contributed by atoms with Gasteiger partial charge in [0.15, 0.2) is 0 Å². The van der Waals surface area contributed by atoms with Crippen molar-refractivity contribution in [2.24, 2.45) is 5.92 Å². The molecule has 0 unspecified atom stereocenters. The molecule has 1 saturated heterocycles. The Morgan fingerprint density at radius 2 is 1.85 bits per heavy atom. The Labute approximate surface area is 123 Å². The van der Waals surface area contributed by atoms with E-state index in [1.165, 1.54) is 62.9 Å². The number of hydrogen-bond acceptors (Lipinski definition) is 2. The molecule has 0 aromatic heterocycles. The third-order valence-corrected chi connectivity index (χ3v) is 4.80. The van der Waals surface area contributed by atoms with Gasteiger partial charge in [-0.1, -0.05) is 38.0 Å². The average Bonchev–Trinajstić information content (AvgIpc) is 3.31. The van der Waals surface area contributed by atoms with E-state index in [4.69, 9.17) is 0 Å². The highest BCUT2D eigenvalue weighted by Crippen LogP contribution is 2.29. The first kappa shape index (κ1) is 13.9. The average molecular weight is 272 g/mol. The molecule has 2 nitrogen and oxygen atoms in total. The monoisotopic (exact) mass is 272 g/mol. The zero-order valence-electron chi connectivity index (χ0n) is 12.8. The predicted octanol–water partition coefficient (Wildman–Crippen LogP) is 3.96. The summed E-state index contributed by atoms with van der Waals surface area (Å²) in [5.74, 6) is 0.966. The molecule has 110 valence electrons. The fourth-order valence-corrected chi connectivity index (χ4v) is 3.38. The molecule has 0 bridgehead atoms. The lowest BCUT2D eigenvalue weighted by molar-refractivity contribution is 0.378. The van der Waals surface area contributed by atoms with Crippen molar-refractivity contribution >= 4 is 5.69 Å². The maximum atomic E-state index is 3.65. The normalized spacial score (nSPS) is 20.4. The highest BCUT2D eigenvalue weighted by Gasteiger charge is 2.22. The Hall–Kier alpha value is -1.02. The second-order valence-corrected chi connectivity index (χ2v) is 6.50. The van der Waals surface area contributed by atoms with E-state index in [1.807, 2.05) is 0 Å². The number of piperidine rings is 1. The van der Waals surface area contributed by atoms with Crippen LogP contribution in [0, 0.1) is 5.92 Å². The van der Waals surface area contributed by atoms with Crippen LogP contribution >= 0.6 is 0 Å². The number of para-hydroxylation sites is 1. The van der Waals surface area contributed by atoms with E-state index in [9.17, 15) is 0 Å². The van der Waals surface area contributed by atoms with Crippen LogP contribution in [0.4, 0.5) is 5.69 Å². The van der Waals surface area contributed by atoms with Gasteiger partial charge in [-0.25, -0.2) is 0 Å². The minimum absolute atomic E-state index is 0.790. The van der Waals surface area contributed by atoms with E-state index in [0.29, 0.717) is 0 Å². The zero-order chi connectivity index (χ0) is 13.8. The maximum Gasteiger partial charge on any atom is 0.0411 e. The zero-order valence-corrected chi connectivity index (χ0v) is 12.8. The lowest BCUT2D eigenvalue weighted by Gasteiger charge is -2.35. The molecule has 0 amide bonds. The molecule has 1 heterocycles. The Kier molecular flexibility index (Phi) is 4.62. The van der Waals surface area contributed by atoms with Crippen molar-refractivity contribution in [2.75, 3.05) is 18.0 Å². The largest absolute Gasteiger partial charge is 0.371 e. The van der Waals surface area contributed by atoms with Gasteiger partial charge in [-0.3, -0.25) is 0 Å². The highest BCUT2D eigenvalue weighted by molar-refractivity contribution is 5.54. The molecule has 20 heavy (non-hydrogen) atoms. The molecule has 0 spiro atoms. The lowest BCUT2D eigenvalue weighted by Crippen LogP contribution is -2.34. The van der Waals surface area contributed by atoms with E-state index in [0.717, 1.165) is 18.5 Å². The van der Waals surface area contributed by atoms with Gasteiger partial charge in [0.2, 0.25) is 0 Å². The van der Waals surface area contributed by atoms with Crippen molar-refractivity contribution in [1.29, 1.82) is 0 Å². The molecule has 2 aliphatic rings. The van der Waals surface area contributed by atoms with Crippen LogP contribution in [0.1, 0.15) is 51.0 Å². The number of rotatable bonds is 6. The van der Waals surface area contributed by atoms with Crippen molar-refractivity contribution in [3.8, 4) is 0 Å². The Morgan fingerprint density at radius 3 is 2.55 bits per heavy atom. The molecule has 2 heteroatoms. The Morgan fingerprint density at radius 1 is 1.10 bits per heavy atom. The maximum absolute atomic E-state index is 3.65. The molecule has 0 radical (unpaired) electrons. The number of nitrogens with one attached hydrogen (secondary N) is 1. The molecule has 0 atom stereocenters. The molecule has 1 aliphatic carbocycles. The molecule has 1 aromatic carbocycles. The summed E-state index contributed by atoms with van der Waals surface area (Å²) >= 11 is 0. The van der Waals surface area contributed by atoms with Crippen LogP contribution < -0.4 is 10.2 Å². The smallest absolute Gasteiger partial charge is 0.0411 e. The molecule has 3 rings (SSSR count). The SMILES string of the molecule is CCCC1CCN(c2ccccc2CNC2CC2)CC1. The number of hydrogen-bond donors (Lipinski definition) is 1. The van der Waals surface area contributed by atoms with Crippen LogP contribution in [0.2, 0.25) is 0 Å². The molecule has 1 aliphatic heterocycles. The van der Waals surface area contributed by atoms with Gasteiger partial charge >= 0.3 is 0 Å². The molecular weight excluding hydrogens is 244 g/mol. The summed E-state index contributed by atoms with van der Waals surface area (Å²) in [5.41, 5.74) is 2.95. The van der Waals surface area contributed by atoms with E-state index >= 15 is 0 Å². The van der Waals surface area contributed by atoms with Crippen molar-refractivity contribution in [3.05, 3.63) is 29.8 Å². The minimum Gasteiger partial charge on any atom is -0.371 e. The quantitative estimate of drug-likeness (QED) is 0.843. The number of benzene rings is 1. The third kappa shape index (κ3) is 3.54. The molecule has 1 N–H and O–H groups in total. The topological polar surface area (TPSA) is 15.3 Å².